The summed E-state index contributed by atoms with van der Waals surface area (Å²) in [6.07, 6.45) is 7.90. The van der Waals surface area contributed by atoms with Gasteiger partial charge in [-0.2, -0.15) is 0 Å². The first-order chi connectivity index (χ1) is 15.2. The molecule has 0 unspecified atom stereocenters. The molecule has 2 aliphatic heterocycles. The van der Waals surface area contributed by atoms with Crippen LogP contribution in [0.5, 0.6) is 0 Å². The number of piperidine rings is 2. The van der Waals surface area contributed by atoms with E-state index in [1.165, 1.54) is 45.2 Å². The molecule has 1 aromatic heterocycles. The van der Waals surface area contributed by atoms with Crippen LogP contribution < -0.4 is 10.9 Å². The number of nitrogens with one attached hydrogen (secondary N) is 1. The molecule has 2 saturated heterocycles. The lowest BCUT2D eigenvalue weighted by atomic mass is 9.83. The highest BCUT2D eigenvalue weighted by Gasteiger charge is 2.33. The van der Waals surface area contributed by atoms with Crippen LogP contribution in [-0.2, 0) is 0 Å². The molecule has 1 N–H and O–H groups in total. The van der Waals surface area contributed by atoms with Gasteiger partial charge in [-0.15, -0.1) is 0 Å². The molecule has 2 fully saturated rings. The molecule has 5 heteroatoms. The molecular formula is C26H29N3O2. The number of rotatable bonds is 4. The molecular weight excluding hydrogens is 386 g/mol. The Kier molecular flexibility index (Phi) is 5.60. The Morgan fingerprint density at radius 2 is 1.65 bits per heavy atom. The van der Waals surface area contributed by atoms with Gasteiger partial charge in [-0.05, 0) is 62.9 Å². The van der Waals surface area contributed by atoms with Crippen molar-refractivity contribution in [3.63, 3.8) is 0 Å². The maximum atomic E-state index is 13.3. The van der Waals surface area contributed by atoms with Crippen LogP contribution >= 0.6 is 0 Å². The van der Waals surface area contributed by atoms with Crippen LogP contribution in [0.2, 0.25) is 0 Å². The third-order valence-corrected chi connectivity index (χ3v) is 6.96. The molecule has 0 radical (unpaired) electrons. The Labute approximate surface area is 182 Å². The SMILES string of the molecule is O=C(NC[C@H]1CCCN2CCCC[C@H]12)c1cn(-c2ccccc2)c(=O)c2ccccc12. The number of carbonyl (C=O) groups excluding carboxylic acids is 1. The van der Waals surface area contributed by atoms with Crippen LogP contribution in [0, 0.1) is 5.92 Å². The summed E-state index contributed by atoms with van der Waals surface area (Å²) in [7, 11) is 0. The average Bonchev–Trinajstić information content (AvgIpc) is 2.83. The molecule has 2 aromatic carbocycles. The lowest BCUT2D eigenvalue weighted by Crippen LogP contribution is -2.51. The standard InChI is InChI=1S/C26H29N3O2/c30-25(27-17-19-9-8-16-28-15-7-6-14-24(19)28)23-18-29(20-10-2-1-3-11-20)26(31)22-13-5-4-12-21(22)23/h1-5,10-13,18-19,24H,6-9,14-17H2,(H,27,30)/t19-,24-/m1/s1. The number of para-hydroxylation sites is 1. The van der Waals surface area contributed by atoms with Gasteiger partial charge >= 0.3 is 0 Å². The molecule has 3 aromatic rings. The van der Waals surface area contributed by atoms with E-state index >= 15 is 0 Å². The number of pyridine rings is 1. The van der Waals surface area contributed by atoms with E-state index in [1.54, 1.807) is 16.8 Å². The second-order valence-corrected chi connectivity index (χ2v) is 8.81. The Morgan fingerprint density at radius 1 is 0.903 bits per heavy atom. The van der Waals surface area contributed by atoms with Crippen molar-refractivity contribution in [3.8, 4) is 5.69 Å². The van der Waals surface area contributed by atoms with Gasteiger partial charge in [-0.25, -0.2) is 0 Å². The molecule has 0 saturated carbocycles. The Morgan fingerprint density at radius 3 is 2.48 bits per heavy atom. The fourth-order valence-electron chi connectivity index (χ4n) is 5.39. The number of hydrogen-bond acceptors (Lipinski definition) is 3. The van der Waals surface area contributed by atoms with Crippen LogP contribution in [0.3, 0.4) is 0 Å². The normalized spacial score (nSPS) is 21.5. The van der Waals surface area contributed by atoms with Crippen molar-refractivity contribution < 1.29 is 4.79 Å². The number of carbonyl (C=O) groups is 1. The molecule has 5 nitrogen and oxygen atoms in total. The zero-order valence-electron chi connectivity index (χ0n) is 17.8. The second kappa shape index (κ2) is 8.67. The van der Waals surface area contributed by atoms with E-state index in [0.29, 0.717) is 34.8 Å². The summed E-state index contributed by atoms with van der Waals surface area (Å²) in [6, 6.07) is 17.5. The second-order valence-electron chi connectivity index (χ2n) is 8.81. The fraction of sp³-hybridized carbons (Fsp3) is 0.385. The third kappa shape index (κ3) is 3.90. The highest BCUT2D eigenvalue weighted by atomic mass is 16.2. The van der Waals surface area contributed by atoms with Crippen LogP contribution in [0.25, 0.3) is 16.5 Å². The lowest BCUT2D eigenvalue weighted by Gasteiger charge is -2.44. The first kappa shape index (κ1) is 20.0. The van der Waals surface area contributed by atoms with Crippen LogP contribution in [0.4, 0.5) is 0 Å². The van der Waals surface area contributed by atoms with E-state index < -0.39 is 0 Å². The number of fused-ring (bicyclic) bond motifs is 2. The quantitative estimate of drug-likeness (QED) is 0.701. The molecule has 2 aliphatic rings. The highest BCUT2D eigenvalue weighted by Crippen LogP contribution is 2.30. The number of amides is 1. The lowest BCUT2D eigenvalue weighted by molar-refractivity contribution is 0.0576. The fourth-order valence-corrected chi connectivity index (χ4v) is 5.39. The summed E-state index contributed by atoms with van der Waals surface area (Å²) >= 11 is 0. The predicted octanol–water partition coefficient (Wildman–Crippen LogP) is 3.99. The molecule has 0 aliphatic carbocycles. The minimum atomic E-state index is -0.108. The van der Waals surface area contributed by atoms with Crippen LogP contribution in [-0.4, -0.2) is 41.1 Å². The molecule has 160 valence electrons. The first-order valence-corrected chi connectivity index (χ1v) is 11.4. The summed E-state index contributed by atoms with van der Waals surface area (Å²) in [5.74, 6) is 0.401. The molecule has 1 amide bonds. The largest absolute Gasteiger partial charge is 0.352 e. The molecule has 0 bridgehead atoms. The number of hydrogen-bond donors (Lipinski definition) is 1. The van der Waals surface area contributed by atoms with Crippen molar-refractivity contribution in [3.05, 3.63) is 76.7 Å². The van der Waals surface area contributed by atoms with E-state index in [-0.39, 0.29) is 11.5 Å². The summed E-state index contributed by atoms with van der Waals surface area (Å²) in [4.78, 5) is 29.0. The zero-order chi connectivity index (χ0) is 21.2. The van der Waals surface area contributed by atoms with Crippen molar-refractivity contribution in [2.45, 2.75) is 38.1 Å². The maximum Gasteiger partial charge on any atom is 0.262 e. The van der Waals surface area contributed by atoms with Gasteiger partial charge in [0.25, 0.3) is 11.5 Å². The topological polar surface area (TPSA) is 54.3 Å². The van der Waals surface area contributed by atoms with Crippen molar-refractivity contribution in [2.24, 2.45) is 5.92 Å². The summed E-state index contributed by atoms with van der Waals surface area (Å²) in [5.41, 5.74) is 1.20. The van der Waals surface area contributed by atoms with Gasteiger partial charge in [-0.1, -0.05) is 42.8 Å². The summed E-state index contributed by atoms with van der Waals surface area (Å²) in [6.45, 7) is 3.09. The minimum Gasteiger partial charge on any atom is -0.352 e. The number of benzene rings is 2. The molecule has 31 heavy (non-hydrogen) atoms. The van der Waals surface area contributed by atoms with Crippen molar-refractivity contribution in [1.82, 2.24) is 14.8 Å². The van der Waals surface area contributed by atoms with E-state index in [0.717, 1.165) is 5.69 Å². The highest BCUT2D eigenvalue weighted by molar-refractivity contribution is 6.06. The van der Waals surface area contributed by atoms with Crippen molar-refractivity contribution >= 4 is 16.7 Å². The summed E-state index contributed by atoms with van der Waals surface area (Å²) < 4.78 is 1.58. The van der Waals surface area contributed by atoms with E-state index in [4.69, 9.17) is 0 Å². The molecule has 5 rings (SSSR count). The Hall–Kier alpha value is -2.92. The smallest absolute Gasteiger partial charge is 0.262 e. The molecule has 0 spiro atoms. The predicted molar refractivity (Wildman–Crippen MR) is 124 cm³/mol. The van der Waals surface area contributed by atoms with Gasteiger partial charge in [0, 0.05) is 35.2 Å². The van der Waals surface area contributed by atoms with Crippen LogP contribution in [0.1, 0.15) is 42.5 Å². The monoisotopic (exact) mass is 415 g/mol. The molecule has 2 atom stereocenters. The van der Waals surface area contributed by atoms with E-state index in [1.807, 2.05) is 48.5 Å². The van der Waals surface area contributed by atoms with Gasteiger partial charge < -0.3 is 10.2 Å². The van der Waals surface area contributed by atoms with Crippen molar-refractivity contribution in [2.75, 3.05) is 19.6 Å². The van der Waals surface area contributed by atoms with Crippen LogP contribution in [0.15, 0.2) is 65.6 Å². The number of aromatic nitrogens is 1. The summed E-state index contributed by atoms with van der Waals surface area (Å²) in [5, 5.41) is 4.48. The third-order valence-electron chi connectivity index (χ3n) is 6.96. The van der Waals surface area contributed by atoms with Gasteiger partial charge in [0.15, 0.2) is 0 Å². The van der Waals surface area contributed by atoms with E-state index in [2.05, 4.69) is 10.2 Å². The first-order valence-electron chi connectivity index (χ1n) is 11.4. The average molecular weight is 416 g/mol. The van der Waals surface area contributed by atoms with E-state index in [9.17, 15) is 9.59 Å². The minimum absolute atomic E-state index is 0.103. The van der Waals surface area contributed by atoms with Gasteiger partial charge in [0.2, 0.25) is 0 Å². The Bertz CT molecular complexity index is 1140. The Balaban J connectivity index is 1.44. The molecule has 3 heterocycles. The maximum absolute atomic E-state index is 13.3. The van der Waals surface area contributed by atoms with Gasteiger partial charge in [0.1, 0.15) is 0 Å². The zero-order valence-corrected chi connectivity index (χ0v) is 17.8. The van der Waals surface area contributed by atoms with Gasteiger partial charge in [0.05, 0.1) is 5.56 Å². The number of nitrogens with zero attached hydrogens (tertiary/aromatic N) is 2. The van der Waals surface area contributed by atoms with Crippen molar-refractivity contribution in [1.29, 1.82) is 0 Å². The van der Waals surface area contributed by atoms with Gasteiger partial charge in [-0.3, -0.25) is 14.2 Å².